The molecule has 0 radical (unpaired) electrons. The predicted molar refractivity (Wildman–Crippen MR) is 151 cm³/mol. The zero-order valence-electron chi connectivity index (χ0n) is 23.1. The smallest absolute Gasteiger partial charge is 0.271 e. The normalized spacial score (nSPS) is 17.3. The fraction of sp³-hybridized carbons (Fsp3) is 0.640. The molecule has 0 unspecified atom stereocenters. The third kappa shape index (κ3) is 10.6. The maximum Gasteiger partial charge on any atom is 0.271 e. The number of nitrogens with one attached hydrogen (secondary N) is 4. The van der Waals surface area contributed by atoms with E-state index < -0.39 is 11.9 Å². The Balaban J connectivity index is 0.00000560. The molecule has 3 rings (SSSR count). The van der Waals surface area contributed by atoms with Crippen molar-refractivity contribution in [3.05, 3.63) is 24.3 Å². The van der Waals surface area contributed by atoms with Crippen LogP contribution in [-0.4, -0.2) is 120 Å². The summed E-state index contributed by atoms with van der Waals surface area (Å²) in [4.78, 5) is 64.3. The molecule has 1 aliphatic carbocycles. The first-order valence-corrected chi connectivity index (χ1v) is 13.3. The number of carbonyl (C=O) groups is 4. The first kappa shape index (κ1) is 32.7. The number of amides is 4. The predicted octanol–water partition coefficient (Wildman–Crippen LogP) is -1.22. The van der Waals surface area contributed by atoms with E-state index in [0.717, 1.165) is 32.2 Å². The summed E-state index contributed by atoms with van der Waals surface area (Å²) < 4.78 is 0. The number of hydrogen-bond donors (Lipinski definition) is 5. The third-order valence-electron chi connectivity index (χ3n) is 6.64. The van der Waals surface area contributed by atoms with Crippen LogP contribution in [0, 0.1) is 11.3 Å². The zero-order chi connectivity index (χ0) is 28.4. The Morgan fingerprint density at radius 2 is 1.90 bits per heavy atom. The summed E-state index contributed by atoms with van der Waals surface area (Å²) in [7, 11) is 3.49. The molecule has 222 valence electrons. The number of rotatable bonds is 13. The van der Waals surface area contributed by atoms with Crippen LogP contribution in [0.2, 0.25) is 0 Å². The highest BCUT2D eigenvalue weighted by Gasteiger charge is 2.37. The lowest BCUT2D eigenvalue weighted by Gasteiger charge is -2.33. The topological polar surface area (TPSA) is 190 Å². The molecule has 14 nitrogen and oxygen atoms in total. The lowest BCUT2D eigenvalue weighted by molar-refractivity contribution is -0.139. The van der Waals surface area contributed by atoms with Crippen LogP contribution < -0.4 is 21.7 Å². The standard InChI is InChI=1S/C25H40N10O4.ClH/c1-33(2)16-22(37)32-19(12-21(36)31-13-17-4-3-10-34(15-17)25(26)27)24(39)35(18-5-6-18)11-9-30-23(38)20-14-28-7-8-29-20;/h7-8,14,17-19H,3-6,9-13,15-16H2,1-2H3,(H3,26,27)(H,30,38)(H,31,36)(H,32,37);1H/t17-,19-;/m0./s1. The van der Waals surface area contributed by atoms with Gasteiger partial charge in [0.05, 0.1) is 19.2 Å². The van der Waals surface area contributed by atoms with Crippen molar-refractivity contribution < 1.29 is 19.2 Å². The molecule has 40 heavy (non-hydrogen) atoms. The number of nitrogens with two attached hydrogens (primary N) is 1. The van der Waals surface area contributed by atoms with Crippen molar-refractivity contribution in [2.75, 3.05) is 53.4 Å². The van der Waals surface area contributed by atoms with Gasteiger partial charge in [-0.05, 0) is 45.7 Å². The number of likely N-dealkylation sites (tertiary alicyclic amines) is 1. The highest BCUT2D eigenvalue weighted by molar-refractivity contribution is 5.93. The van der Waals surface area contributed by atoms with Crippen molar-refractivity contribution in [2.24, 2.45) is 11.7 Å². The summed E-state index contributed by atoms with van der Waals surface area (Å²) >= 11 is 0. The van der Waals surface area contributed by atoms with Crippen LogP contribution in [0.3, 0.4) is 0 Å². The fourth-order valence-corrected chi connectivity index (χ4v) is 4.55. The molecule has 2 fully saturated rings. The molecule has 2 aliphatic rings. The molecule has 0 aromatic carbocycles. The van der Waals surface area contributed by atoms with Crippen LogP contribution in [-0.2, 0) is 14.4 Å². The summed E-state index contributed by atoms with van der Waals surface area (Å²) in [6, 6.07) is -1.03. The number of aromatic nitrogens is 2. The Morgan fingerprint density at radius 1 is 1.15 bits per heavy atom. The average Bonchev–Trinajstić information content (AvgIpc) is 3.74. The van der Waals surface area contributed by atoms with Crippen molar-refractivity contribution in [1.82, 2.24) is 40.6 Å². The molecule has 1 saturated heterocycles. The third-order valence-corrected chi connectivity index (χ3v) is 6.64. The monoisotopic (exact) mass is 580 g/mol. The molecule has 2 atom stereocenters. The highest BCUT2D eigenvalue weighted by Crippen LogP contribution is 2.27. The number of halogens is 1. The molecule has 15 heteroatoms. The fourth-order valence-electron chi connectivity index (χ4n) is 4.55. The van der Waals surface area contributed by atoms with Gasteiger partial charge in [0.1, 0.15) is 11.7 Å². The number of piperidine rings is 1. The van der Waals surface area contributed by atoms with Crippen LogP contribution in [0.15, 0.2) is 18.6 Å². The van der Waals surface area contributed by atoms with Gasteiger partial charge in [-0.25, -0.2) is 4.98 Å². The highest BCUT2D eigenvalue weighted by atomic mass is 35.5. The van der Waals surface area contributed by atoms with E-state index in [-0.39, 0.29) is 79.8 Å². The van der Waals surface area contributed by atoms with Gasteiger partial charge in [-0.2, -0.15) is 0 Å². The van der Waals surface area contributed by atoms with E-state index in [1.165, 1.54) is 18.6 Å². The second-order valence-electron chi connectivity index (χ2n) is 10.3. The van der Waals surface area contributed by atoms with E-state index >= 15 is 0 Å². The molecular formula is C25H41ClN10O4. The quantitative estimate of drug-likeness (QED) is 0.141. The van der Waals surface area contributed by atoms with Gasteiger partial charge in [0.15, 0.2) is 5.96 Å². The van der Waals surface area contributed by atoms with Crippen molar-refractivity contribution in [3.63, 3.8) is 0 Å². The molecule has 1 aliphatic heterocycles. The van der Waals surface area contributed by atoms with E-state index in [2.05, 4.69) is 25.9 Å². The second-order valence-corrected chi connectivity index (χ2v) is 10.3. The average molecular weight is 581 g/mol. The first-order chi connectivity index (χ1) is 18.6. The van der Waals surface area contributed by atoms with Crippen LogP contribution >= 0.6 is 12.4 Å². The second kappa shape index (κ2) is 15.9. The summed E-state index contributed by atoms with van der Waals surface area (Å²) in [5, 5.41) is 16.0. The number of likely N-dealkylation sites (N-methyl/N-ethyl adjacent to an activating group) is 1. The Labute approximate surface area is 240 Å². The van der Waals surface area contributed by atoms with Gasteiger partial charge in [0, 0.05) is 51.2 Å². The van der Waals surface area contributed by atoms with Crippen LogP contribution in [0.1, 0.15) is 42.6 Å². The van der Waals surface area contributed by atoms with Gasteiger partial charge in [-0.1, -0.05) is 0 Å². The summed E-state index contributed by atoms with van der Waals surface area (Å²) in [5.74, 6) is -1.29. The van der Waals surface area contributed by atoms with E-state index in [0.29, 0.717) is 13.1 Å². The Hall–Kier alpha value is -3.52. The summed E-state index contributed by atoms with van der Waals surface area (Å²) in [6.07, 6.45) is 7.49. The first-order valence-electron chi connectivity index (χ1n) is 13.3. The Kier molecular flexibility index (Phi) is 13.0. The largest absolute Gasteiger partial charge is 0.370 e. The van der Waals surface area contributed by atoms with Gasteiger partial charge in [0.2, 0.25) is 17.7 Å². The van der Waals surface area contributed by atoms with E-state index in [1.807, 2.05) is 0 Å². The molecule has 1 saturated carbocycles. The maximum absolute atomic E-state index is 13.6. The zero-order valence-corrected chi connectivity index (χ0v) is 23.9. The van der Waals surface area contributed by atoms with E-state index in [1.54, 1.807) is 28.8 Å². The van der Waals surface area contributed by atoms with E-state index in [9.17, 15) is 19.2 Å². The van der Waals surface area contributed by atoms with E-state index in [4.69, 9.17) is 11.1 Å². The molecule has 6 N–H and O–H groups in total. The molecular weight excluding hydrogens is 540 g/mol. The maximum atomic E-state index is 13.6. The summed E-state index contributed by atoms with van der Waals surface area (Å²) in [5.41, 5.74) is 5.79. The minimum Gasteiger partial charge on any atom is -0.370 e. The molecule has 4 amide bonds. The number of hydrogen-bond acceptors (Lipinski definition) is 8. The van der Waals surface area contributed by atoms with Gasteiger partial charge in [-0.3, -0.25) is 29.6 Å². The number of nitrogens with zero attached hydrogens (tertiary/aromatic N) is 5. The van der Waals surface area contributed by atoms with Crippen LogP contribution in [0.25, 0.3) is 0 Å². The van der Waals surface area contributed by atoms with Crippen LogP contribution in [0.4, 0.5) is 0 Å². The minimum absolute atomic E-state index is 0. The van der Waals surface area contributed by atoms with Gasteiger partial charge in [-0.15, -0.1) is 12.4 Å². The molecule has 1 aromatic heterocycles. The Morgan fingerprint density at radius 3 is 2.52 bits per heavy atom. The minimum atomic E-state index is -1.03. The number of guanidine groups is 1. The molecule has 0 bridgehead atoms. The van der Waals surface area contributed by atoms with Crippen molar-refractivity contribution in [2.45, 2.75) is 44.2 Å². The van der Waals surface area contributed by atoms with Crippen LogP contribution in [0.5, 0.6) is 0 Å². The van der Waals surface area contributed by atoms with Crippen molar-refractivity contribution in [1.29, 1.82) is 5.41 Å². The van der Waals surface area contributed by atoms with Crippen molar-refractivity contribution in [3.8, 4) is 0 Å². The lowest BCUT2D eigenvalue weighted by Crippen LogP contribution is -2.54. The van der Waals surface area contributed by atoms with Crippen molar-refractivity contribution >= 4 is 42.0 Å². The van der Waals surface area contributed by atoms with Gasteiger partial charge >= 0.3 is 0 Å². The molecule has 0 spiro atoms. The number of carbonyl (C=O) groups excluding carboxylic acids is 4. The molecule has 1 aromatic rings. The Bertz CT molecular complexity index is 1020. The SMILES string of the molecule is CN(C)CC(=O)N[C@@H](CC(=O)NC[C@@H]1CCCN(C(=N)N)C1)C(=O)N(CCNC(=O)c1cnccn1)C1CC1.Cl. The lowest BCUT2D eigenvalue weighted by atomic mass is 9.98. The molecule has 2 heterocycles. The summed E-state index contributed by atoms with van der Waals surface area (Å²) in [6.45, 7) is 2.22. The van der Waals surface area contributed by atoms with Gasteiger partial charge in [0.25, 0.3) is 5.91 Å². The van der Waals surface area contributed by atoms with Gasteiger partial charge < -0.3 is 36.4 Å².